The highest BCUT2D eigenvalue weighted by molar-refractivity contribution is 5.15. The first-order valence-electron chi connectivity index (χ1n) is 7.87. The molecule has 0 heterocycles. The van der Waals surface area contributed by atoms with Gasteiger partial charge in [0.2, 0.25) is 0 Å². The fourth-order valence-electron chi connectivity index (χ4n) is 2.42. The molecule has 1 aromatic carbocycles. The highest BCUT2D eigenvalue weighted by Crippen LogP contribution is 2.34. The van der Waals surface area contributed by atoms with Gasteiger partial charge in [-0.15, -0.1) is 0 Å². The molecular formula is C19H33N. The molecule has 1 nitrogen and oxygen atoms in total. The maximum atomic E-state index is 2.67. The van der Waals surface area contributed by atoms with E-state index in [1.54, 1.807) is 0 Å². The molecule has 114 valence electrons. The van der Waals surface area contributed by atoms with Crippen molar-refractivity contribution < 1.29 is 0 Å². The molecule has 0 aromatic heterocycles. The third-order valence-electron chi connectivity index (χ3n) is 5.07. The standard InChI is InChI=1S/C19H33N/c1-15(2)19(7,8)20(16(3)18(4,5)6)14-17-12-10-9-11-13-17/h9-13,15-16H,14H2,1-8H3. The second kappa shape index (κ2) is 6.30. The predicted molar refractivity (Wildman–Crippen MR) is 89.8 cm³/mol. The molecule has 0 amide bonds. The van der Waals surface area contributed by atoms with E-state index in [0.717, 1.165) is 6.54 Å². The summed E-state index contributed by atoms with van der Waals surface area (Å²) in [7, 11) is 0. The van der Waals surface area contributed by atoms with Crippen LogP contribution in [0.1, 0.15) is 61.0 Å². The van der Waals surface area contributed by atoms with Gasteiger partial charge in [-0.25, -0.2) is 0 Å². The van der Waals surface area contributed by atoms with Gasteiger partial charge in [-0.2, -0.15) is 0 Å². The minimum absolute atomic E-state index is 0.183. The Morgan fingerprint density at radius 3 is 1.80 bits per heavy atom. The van der Waals surface area contributed by atoms with Gasteiger partial charge in [0.25, 0.3) is 0 Å². The minimum atomic E-state index is 0.183. The summed E-state index contributed by atoms with van der Waals surface area (Å²) in [5.74, 6) is 0.621. The molecule has 0 spiro atoms. The van der Waals surface area contributed by atoms with Crippen LogP contribution in [-0.4, -0.2) is 16.5 Å². The van der Waals surface area contributed by atoms with Crippen LogP contribution in [0.25, 0.3) is 0 Å². The van der Waals surface area contributed by atoms with Gasteiger partial charge in [0.15, 0.2) is 0 Å². The number of benzene rings is 1. The van der Waals surface area contributed by atoms with Gasteiger partial charge in [0, 0.05) is 18.1 Å². The maximum Gasteiger partial charge on any atom is 0.0242 e. The quantitative estimate of drug-likeness (QED) is 0.699. The van der Waals surface area contributed by atoms with Crippen molar-refractivity contribution in [3.8, 4) is 0 Å². The first kappa shape index (κ1) is 17.2. The van der Waals surface area contributed by atoms with Crippen LogP contribution < -0.4 is 0 Å². The van der Waals surface area contributed by atoms with Gasteiger partial charge in [-0.1, -0.05) is 65.0 Å². The lowest BCUT2D eigenvalue weighted by atomic mass is 9.80. The van der Waals surface area contributed by atoms with E-state index in [1.165, 1.54) is 5.56 Å². The summed E-state index contributed by atoms with van der Waals surface area (Å²) in [5.41, 5.74) is 1.86. The molecule has 0 saturated carbocycles. The molecule has 1 heteroatoms. The van der Waals surface area contributed by atoms with Gasteiger partial charge in [0.05, 0.1) is 0 Å². The summed E-state index contributed by atoms with van der Waals surface area (Å²) >= 11 is 0. The van der Waals surface area contributed by atoms with E-state index in [2.05, 4.69) is 90.6 Å². The van der Waals surface area contributed by atoms with Crippen molar-refractivity contribution in [2.75, 3.05) is 0 Å². The average Bonchev–Trinajstić information content (AvgIpc) is 2.35. The lowest BCUT2D eigenvalue weighted by Gasteiger charge is -2.49. The van der Waals surface area contributed by atoms with Crippen molar-refractivity contribution in [1.29, 1.82) is 0 Å². The third-order valence-corrected chi connectivity index (χ3v) is 5.07. The predicted octanol–water partition coefficient (Wildman–Crippen LogP) is 5.36. The number of hydrogen-bond donors (Lipinski definition) is 0. The number of hydrogen-bond acceptors (Lipinski definition) is 1. The Morgan fingerprint density at radius 2 is 1.40 bits per heavy atom. The number of rotatable bonds is 5. The largest absolute Gasteiger partial charge is 0.291 e. The van der Waals surface area contributed by atoms with Crippen molar-refractivity contribution in [2.24, 2.45) is 11.3 Å². The van der Waals surface area contributed by atoms with Crippen LogP contribution >= 0.6 is 0 Å². The zero-order valence-electron chi connectivity index (χ0n) is 14.7. The minimum Gasteiger partial charge on any atom is -0.291 e. The third kappa shape index (κ3) is 4.09. The molecule has 0 aliphatic heterocycles. The van der Waals surface area contributed by atoms with Gasteiger partial charge in [-0.05, 0) is 37.7 Å². The second-order valence-electron chi connectivity index (χ2n) is 7.96. The molecule has 0 radical (unpaired) electrons. The van der Waals surface area contributed by atoms with E-state index in [-0.39, 0.29) is 11.0 Å². The van der Waals surface area contributed by atoms with Gasteiger partial charge < -0.3 is 0 Å². The van der Waals surface area contributed by atoms with Crippen LogP contribution in [0, 0.1) is 11.3 Å². The Hall–Kier alpha value is -0.820. The number of nitrogens with zero attached hydrogens (tertiary/aromatic N) is 1. The molecule has 0 bridgehead atoms. The molecule has 0 fully saturated rings. The van der Waals surface area contributed by atoms with Crippen LogP contribution in [0.15, 0.2) is 30.3 Å². The maximum absolute atomic E-state index is 2.67. The summed E-state index contributed by atoms with van der Waals surface area (Å²) in [5, 5.41) is 0. The lowest BCUT2D eigenvalue weighted by molar-refractivity contribution is -0.0107. The van der Waals surface area contributed by atoms with Crippen LogP contribution in [0.3, 0.4) is 0 Å². The highest BCUT2D eigenvalue weighted by Gasteiger charge is 2.37. The summed E-state index contributed by atoms with van der Waals surface area (Å²) in [6.45, 7) is 19.8. The van der Waals surface area contributed by atoms with Crippen molar-refractivity contribution in [3.05, 3.63) is 35.9 Å². The van der Waals surface area contributed by atoms with Gasteiger partial charge in [0.1, 0.15) is 0 Å². The van der Waals surface area contributed by atoms with E-state index >= 15 is 0 Å². The van der Waals surface area contributed by atoms with Crippen molar-refractivity contribution >= 4 is 0 Å². The van der Waals surface area contributed by atoms with Crippen LogP contribution in [0.2, 0.25) is 0 Å². The molecule has 1 rings (SSSR count). The summed E-state index contributed by atoms with van der Waals surface area (Å²) in [6.07, 6.45) is 0. The van der Waals surface area contributed by atoms with Crippen molar-refractivity contribution in [2.45, 2.75) is 73.5 Å². The fourth-order valence-corrected chi connectivity index (χ4v) is 2.42. The normalized spacial score (nSPS) is 14.9. The van der Waals surface area contributed by atoms with Crippen LogP contribution in [0.4, 0.5) is 0 Å². The Bertz CT molecular complexity index is 398. The zero-order valence-corrected chi connectivity index (χ0v) is 14.7. The monoisotopic (exact) mass is 275 g/mol. The average molecular weight is 275 g/mol. The van der Waals surface area contributed by atoms with E-state index in [4.69, 9.17) is 0 Å². The van der Waals surface area contributed by atoms with Crippen molar-refractivity contribution in [1.82, 2.24) is 4.90 Å². The Labute approximate surface area is 126 Å². The zero-order chi connectivity index (χ0) is 15.6. The van der Waals surface area contributed by atoms with Crippen LogP contribution in [-0.2, 0) is 6.54 Å². The molecule has 0 saturated heterocycles. The molecule has 1 atom stereocenters. The first-order valence-corrected chi connectivity index (χ1v) is 7.87. The molecule has 1 unspecified atom stereocenters. The second-order valence-corrected chi connectivity index (χ2v) is 7.96. The smallest absolute Gasteiger partial charge is 0.0242 e. The van der Waals surface area contributed by atoms with E-state index in [1.807, 2.05) is 0 Å². The summed E-state index contributed by atoms with van der Waals surface area (Å²) in [6, 6.07) is 11.4. The molecule has 0 aliphatic rings. The molecule has 0 aliphatic carbocycles. The Morgan fingerprint density at radius 1 is 0.900 bits per heavy atom. The highest BCUT2D eigenvalue weighted by atomic mass is 15.2. The first-order chi connectivity index (χ1) is 9.06. The van der Waals surface area contributed by atoms with Crippen molar-refractivity contribution in [3.63, 3.8) is 0 Å². The Kier molecular flexibility index (Phi) is 5.43. The molecule has 20 heavy (non-hydrogen) atoms. The summed E-state index contributed by atoms with van der Waals surface area (Å²) in [4.78, 5) is 2.67. The fraction of sp³-hybridized carbons (Fsp3) is 0.684. The van der Waals surface area contributed by atoms with E-state index in [0.29, 0.717) is 12.0 Å². The SMILES string of the molecule is CC(N(Cc1ccccc1)C(C)(C)C(C)C)C(C)(C)C. The molecule has 0 N–H and O–H groups in total. The van der Waals surface area contributed by atoms with Gasteiger partial charge in [-0.3, -0.25) is 4.90 Å². The topological polar surface area (TPSA) is 3.24 Å². The molecular weight excluding hydrogens is 242 g/mol. The molecule has 1 aromatic rings. The van der Waals surface area contributed by atoms with E-state index in [9.17, 15) is 0 Å². The van der Waals surface area contributed by atoms with Gasteiger partial charge >= 0.3 is 0 Å². The Balaban J connectivity index is 3.08. The van der Waals surface area contributed by atoms with E-state index < -0.39 is 0 Å². The summed E-state index contributed by atoms with van der Waals surface area (Å²) < 4.78 is 0. The lowest BCUT2D eigenvalue weighted by Crippen LogP contribution is -2.55. The van der Waals surface area contributed by atoms with Crippen LogP contribution in [0.5, 0.6) is 0 Å².